The second-order valence-electron chi connectivity index (χ2n) is 12.8. The molecule has 2 aromatic carbocycles. The summed E-state index contributed by atoms with van der Waals surface area (Å²) in [5, 5.41) is 3.50. The van der Waals surface area contributed by atoms with Crippen molar-refractivity contribution in [1.82, 2.24) is 0 Å². The van der Waals surface area contributed by atoms with Crippen LogP contribution in [0.1, 0.15) is 154 Å². The summed E-state index contributed by atoms with van der Waals surface area (Å²) >= 11 is 0. The van der Waals surface area contributed by atoms with Crippen molar-refractivity contribution in [3.05, 3.63) is 54.1 Å². The number of hydrogen-bond acceptors (Lipinski definition) is 5. The molecule has 44 heavy (non-hydrogen) atoms. The fourth-order valence-electron chi connectivity index (χ4n) is 6.44. The molecule has 1 aliphatic rings. The monoisotopic (exact) mass is 650 g/mol. The van der Waals surface area contributed by atoms with Crippen LogP contribution in [-0.2, 0) is 16.7 Å². The molecule has 0 saturated heterocycles. The van der Waals surface area contributed by atoms with Gasteiger partial charge in [-0.05, 0) is 36.6 Å². The van der Waals surface area contributed by atoms with Crippen molar-refractivity contribution in [3.63, 3.8) is 0 Å². The first-order chi connectivity index (χ1) is 21.0. The van der Waals surface area contributed by atoms with Gasteiger partial charge in [-0.3, -0.25) is 0 Å². The van der Waals surface area contributed by atoms with Crippen molar-refractivity contribution in [1.29, 1.82) is 0 Å². The van der Waals surface area contributed by atoms with Gasteiger partial charge in [0.1, 0.15) is 10.1 Å². The number of fused-ring (bicyclic) bond motifs is 1. The van der Waals surface area contributed by atoms with Gasteiger partial charge < -0.3 is 14.8 Å². The van der Waals surface area contributed by atoms with Gasteiger partial charge in [0, 0.05) is 6.54 Å². The van der Waals surface area contributed by atoms with Crippen LogP contribution in [0.15, 0.2) is 53.4 Å². The molecule has 7 heteroatoms. The Morgan fingerprint density at radius 3 is 1.57 bits per heavy atom. The van der Waals surface area contributed by atoms with Gasteiger partial charge in [0.15, 0.2) is 0 Å². The Labute approximate surface area is 312 Å². The van der Waals surface area contributed by atoms with E-state index in [9.17, 15) is 13.0 Å². The minimum absolute atomic E-state index is 0. The number of nitrogens with one attached hydrogen (secondary N) is 1. The summed E-state index contributed by atoms with van der Waals surface area (Å²) in [6.45, 7) is 3.03. The van der Waals surface area contributed by atoms with Crippen molar-refractivity contribution in [3.8, 4) is 0 Å². The smallest absolute Gasteiger partial charge is 0.744 e. The number of unbranched alkanes of at least 4 members (excludes halogenated alkanes) is 20. The van der Waals surface area contributed by atoms with Crippen LogP contribution in [0.3, 0.4) is 0 Å². The molecule has 0 bridgehead atoms. The molecule has 1 aliphatic heterocycles. The van der Waals surface area contributed by atoms with E-state index in [1.807, 2.05) is 18.2 Å². The molecule has 0 spiro atoms. The van der Waals surface area contributed by atoms with Crippen molar-refractivity contribution in [2.75, 3.05) is 10.2 Å². The normalized spacial score (nSPS) is 14.3. The second-order valence-corrected chi connectivity index (χ2v) is 14.1. The third-order valence-electron chi connectivity index (χ3n) is 9.04. The maximum atomic E-state index is 11.6. The maximum Gasteiger partial charge on any atom is 1.00 e. The summed E-state index contributed by atoms with van der Waals surface area (Å²) < 4.78 is 34.7. The largest absolute Gasteiger partial charge is 1.00 e. The van der Waals surface area contributed by atoms with E-state index in [1.54, 1.807) is 6.07 Å². The summed E-state index contributed by atoms with van der Waals surface area (Å²) in [6.07, 6.45) is 30.1. The van der Waals surface area contributed by atoms with E-state index < -0.39 is 10.1 Å². The van der Waals surface area contributed by atoms with E-state index in [2.05, 4.69) is 29.3 Å². The fraction of sp³-hybridized carbons (Fsp3) is 0.676. The summed E-state index contributed by atoms with van der Waals surface area (Å²) in [7, 11) is -4.48. The number of rotatable bonds is 25. The zero-order chi connectivity index (χ0) is 30.6. The molecular formula is C37H59KN2O3S. The van der Waals surface area contributed by atoms with Gasteiger partial charge in [0.25, 0.3) is 0 Å². The molecule has 0 aromatic heterocycles. The molecule has 1 unspecified atom stereocenters. The van der Waals surface area contributed by atoms with Crippen LogP contribution in [0.5, 0.6) is 0 Å². The third-order valence-corrected chi connectivity index (χ3v) is 9.87. The van der Waals surface area contributed by atoms with Crippen LogP contribution in [0, 0.1) is 0 Å². The molecule has 2 aromatic rings. The van der Waals surface area contributed by atoms with Crippen molar-refractivity contribution >= 4 is 21.5 Å². The first-order valence-electron chi connectivity index (χ1n) is 17.7. The van der Waals surface area contributed by atoms with Crippen molar-refractivity contribution < 1.29 is 64.4 Å². The standard InChI is InChI=1S/C37H60N2O3S.K/c1-2-3-4-5-6-7-8-9-10-11-12-13-14-15-16-17-18-19-20-21-25-28-37-38-35-31-34(43(40,41)42)29-30-36(35)39(37)32-33-26-23-22-24-27-33;/h22-24,26-27,29-31,37-38H,2-21,25,28,32H2,1H3,(H,40,41,42);/q;+1/p-1. The molecule has 3 rings (SSSR count). The zero-order valence-corrected chi connectivity index (χ0v) is 32.0. The Balaban J connectivity index is 0.00000675. The van der Waals surface area contributed by atoms with Crippen molar-refractivity contribution in [2.45, 2.75) is 166 Å². The molecule has 242 valence electrons. The SMILES string of the molecule is CCCCCCCCCCCCCCCCCCCCCCCC1Nc2cc(S(=O)(=O)[O-])ccc2N1Cc1ccccc1.[K+]. The first kappa shape index (κ1) is 39.8. The summed E-state index contributed by atoms with van der Waals surface area (Å²) in [4.78, 5) is 2.13. The zero-order valence-electron chi connectivity index (χ0n) is 28.0. The van der Waals surface area contributed by atoms with Gasteiger partial charge in [-0.25, -0.2) is 8.42 Å². The molecular weight excluding hydrogens is 592 g/mol. The van der Waals surface area contributed by atoms with Crippen LogP contribution in [0.4, 0.5) is 11.4 Å². The summed E-state index contributed by atoms with van der Waals surface area (Å²) in [6, 6.07) is 15.0. The Bertz CT molecular complexity index is 1110. The second kappa shape index (κ2) is 23.8. The van der Waals surface area contributed by atoms with Gasteiger partial charge in [-0.2, -0.15) is 0 Å². The molecule has 0 saturated carbocycles. The topological polar surface area (TPSA) is 72.5 Å². The minimum Gasteiger partial charge on any atom is -0.744 e. The minimum atomic E-state index is -4.48. The molecule has 5 nitrogen and oxygen atoms in total. The molecule has 1 atom stereocenters. The van der Waals surface area contributed by atoms with E-state index in [0.29, 0.717) is 0 Å². The van der Waals surface area contributed by atoms with E-state index in [0.717, 1.165) is 30.8 Å². The predicted octanol–water partition coefficient (Wildman–Crippen LogP) is 7.96. The number of benzene rings is 2. The molecule has 0 aliphatic carbocycles. The van der Waals surface area contributed by atoms with E-state index in [1.165, 1.54) is 146 Å². The average Bonchev–Trinajstić information content (AvgIpc) is 3.34. The van der Waals surface area contributed by atoms with Crippen LogP contribution in [0.2, 0.25) is 0 Å². The fourth-order valence-corrected chi connectivity index (χ4v) is 6.93. The summed E-state index contributed by atoms with van der Waals surface area (Å²) in [5.41, 5.74) is 2.91. The first-order valence-corrected chi connectivity index (χ1v) is 19.1. The molecule has 1 heterocycles. The Kier molecular flexibility index (Phi) is 21.5. The van der Waals surface area contributed by atoms with Crippen LogP contribution in [-0.4, -0.2) is 19.1 Å². The van der Waals surface area contributed by atoms with E-state index in [-0.39, 0.29) is 62.4 Å². The van der Waals surface area contributed by atoms with Crippen LogP contribution in [0.25, 0.3) is 0 Å². The van der Waals surface area contributed by atoms with Crippen LogP contribution < -0.4 is 61.6 Å². The van der Waals surface area contributed by atoms with Gasteiger partial charge in [-0.15, -0.1) is 0 Å². The number of hydrogen-bond donors (Lipinski definition) is 1. The van der Waals surface area contributed by atoms with Gasteiger partial charge in [0.2, 0.25) is 0 Å². The molecule has 0 amide bonds. The Hall–Kier alpha value is -0.414. The Morgan fingerprint density at radius 1 is 0.659 bits per heavy atom. The van der Waals surface area contributed by atoms with Gasteiger partial charge in [-0.1, -0.05) is 166 Å². The Morgan fingerprint density at radius 2 is 1.11 bits per heavy atom. The summed E-state index contributed by atoms with van der Waals surface area (Å²) in [5.74, 6) is 0. The van der Waals surface area contributed by atoms with Gasteiger partial charge in [0.05, 0.1) is 22.4 Å². The molecule has 1 N–H and O–H groups in total. The maximum absolute atomic E-state index is 11.6. The predicted molar refractivity (Wildman–Crippen MR) is 182 cm³/mol. The van der Waals surface area contributed by atoms with Crippen molar-refractivity contribution in [2.24, 2.45) is 0 Å². The molecule has 0 fully saturated rings. The molecule has 0 radical (unpaired) electrons. The van der Waals surface area contributed by atoms with Crippen LogP contribution >= 0.6 is 0 Å². The number of nitrogens with zero attached hydrogens (tertiary/aromatic N) is 1. The average molecular weight is 651 g/mol. The van der Waals surface area contributed by atoms with Gasteiger partial charge >= 0.3 is 51.4 Å². The van der Waals surface area contributed by atoms with E-state index >= 15 is 0 Å². The quantitative estimate of drug-likeness (QED) is 0.0671. The van der Waals surface area contributed by atoms with E-state index in [4.69, 9.17) is 0 Å². The number of anilines is 2. The third kappa shape index (κ3) is 15.9.